The predicted molar refractivity (Wildman–Crippen MR) is 132 cm³/mol. The first-order valence-corrected chi connectivity index (χ1v) is 10.9. The zero-order chi connectivity index (χ0) is 24.9. The van der Waals surface area contributed by atoms with Crippen molar-refractivity contribution in [2.75, 3.05) is 27.4 Å². The van der Waals surface area contributed by atoms with Crippen molar-refractivity contribution in [3.05, 3.63) is 65.7 Å². The monoisotopic (exact) mass is 468 g/mol. The number of hydrogen-bond acceptors (Lipinski definition) is 7. The predicted octanol–water partition coefficient (Wildman–Crippen LogP) is 4.05. The number of hydrogen-bond donors (Lipinski definition) is 2. The van der Waals surface area contributed by atoms with Gasteiger partial charge in [-0.3, -0.25) is 4.79 Å². The molecule has 2 aromatic rings. The molecule has 0 aliphatic carbocycles. The van der Waals surface area contributed by atoms with E-state index < -0.39 is 12.2 Å². The lowest BCUT2D eigenvalue weighted by Gasteiger charge is -2.15. The zero-order valence-electron chi connectivity index (χ0n) is 19.9. The van der Waals surface area contributed by atoms with Crippen LogP contribution < -0.4 is 25.3 Å². The summed E-state index contributed by atoms with van der Waals surface area (Å²) < 4.78 is 20.6. The van der Waals surface area contributed by atoms with Crippen LogP contribution in [0.3, 0.4) is 0 Å². The van der Waals surface area contributed by atoms with E-state index in [1.54, 1.807) is 26.4 Å². The SMILES string of the molecule is COc1cc(/C=C/C=C/c2ccc(OC(=O)OCCNC(=O)C(N)C(C)C)cc2)cc(OC)c1. The molecule has 0 radical (unpaired) electrons. The molecular weight excluding hydrogens is 436 g/mol. The lowest BCUT2D eigenvalue weighted by Crippen LogP contribution is -2.45. The molecule has 0 aliphatic heterocycles. The summed E-state index contributed by atoms with van der Waals surface area (Å²) in [4.78, 5) is 23.5. The normalized spacial score (nSPS) is 12.1. The van der Waals surface area contributed by atoms with Gasteiger partial charge in [0.15, 0.2) is 0 Å². The molecule has 1 unspecified atom stereocenters. The first kappa shape index (κ1) is 26.5. The van der Waals surface area contributed by atoms with Crippen molar-refractivity contribution in [3.63, 3.8) is 0 Å². The second-order valence-corrected chi connectivity index (χ2v) is 7.69. The highest BCUT2D eigenvalue weighted by Gasteiger charge is 2.16. The van der Waals surface area contributed by atoms with Gasteiger partial charge >= 0.3 is 6.16 Å². The lowest BCUT2D eigenvalue weighted by atomic mass is 10.1. The number of nitrogens with one attached hydrogen (secondary N) is 1. The van der Waals surface area contributed by atoms with Crippen molar-refractivity contribution in [2.24, 2.45) is 11.7 Å². The Morgan fingerprint density at radius 2 is 1.50 bits per heavy atom. The Morgan fingerprint density at radius 1 is 0.912 bits per heavy atom. The third-order valence-electron chi connectivity index (χ3n) is 4.79. The molecule has 182 valence electrons. The van der Waals surface area contributed by atoms with Crippen LogP contribution in [0.4, 0.5) is 4.79 Å². The molecule has 8 heteroatoms. The number of rotatable bonds is 11. The molecule has 0 saturated heterocycles. The molecule has 1 amide bonds. The summed E-state index contributed by atoms with van der Waals surface area (Å²) in [5, 5.41) is 2.61. The highest BCUT2D eigenvalue weighted by molar-refractivity contribution is 5.81. The van der Waals surface area contributed by atoms with E-state index in [2.05, 4.69) is 5.32 Å². The summed E-state index contributed by atoms with van der Waals surface area (Å²) in [6, 6.07) is 12.0. The Bertz CT molecular complexity index is 977. The van der Waals surface area contributed by atoms with Crippen LogP contribution in [0.15, 0.2) is 54.6 Å². The van der Waals surface area contributed by atoms with Crippen molar-refractivity contribution in [1.29, 1.82) is 0 Å². The first-order chi connectivity index (χ1) is 16.3. The van der Waals surface area contributed by atoms with Gasteiger partial charge < -0.3 is 30.0 Å². The zero-order valence-corrected chi connectivity index (χ0v) is 19.9. The summed E-state index contributed by atoms with van der Waals surface area (Å²) in [5.74, 6) is 1.53. The minimum atomic E-state index is -0.845. The van der Waals surface area contributed by atoms with E-state index >= 15 is 0 Å². The lowest BCUT2D eigenvalue weighted by molar-refractivity contribution is -0.123. The second-order valence-electron chi connectivity index (χ2n) is 7.69. The average Bonchev–Trinajstić information content (AvgIpc) is 2.84. The number of allylic oxidation sites excluding steroid dienone is 2. The van der Waals surface area contributed by atoms with E-state index in [4.69, 9.17) is 24.7 Å². The van der Waals surface area contributed by atoms with E-state index in [1.807, 2.05) is 68.5 Å². The van der Waals surface area contributed by atoms with Crippen molar-refractivity contribution >= 4 is 24.2 Å². The van der Waals surface area contributed by atoms with Crippen LogP contribution in [0.2, 0.25) is 0 Å². The number of ether oxygens (including phenoxy) is 4. The molecule has 0 heterocycles. The maximum absolute atomic E-state index is 11.8. The molecule has 0 aliphatic rings. The van der Waals surface area contributed by atoms with E-state index in [-0.39, 0.29) is 25.0 Å². The number of amides is 1. The van der Waals surface area contributed by atoms with Crippen LogP contribution in [0, 0.1) is 5.92 Å². The number of benzene rings is 2. The molecule has 8 nitrogen and oxygen atoms in total. The Kier molecular flexibility index (Phi) is 10.7. The van der Waals surface area contributed by atoms with Crippen LogP contribution in [0.5, 0.6) is 17.2 Å². The average molecular weight is 469 g/mol. The fourth-order valence-corrected chi connectivity index (χ4v) is 2.76. The first-order valence-electron chi connectivity index (χ1n) is 10.9. The smallest absolute Gasteiger partial charge is 0.497 e. The molecule has 0 bridgehead atoms. The largest absolute Gasteiger partial charge is 0.513 e. The molecular formula is C26H32N2O6. The van der Waals surface area contributed by atoms with E-state index in [0.717, 1.165) is 22.6 Å². The fraction of sp³-hybridized carbons (Fsp3) is 0.308. The minimum Gasteiger partial charge on any atom is -0.497 e. The third kappa shape index (κ3) is 8.99. The third-order valence-corrected chi connectivity index (χ3v) is 4.79. The van der Waals surface area contributed by atoms with Gasteiger partial charge in [0.1, 0.15) is 23.9 Å². The summed E-state index contributed by atoms with van der Waals surface area (Å²) in [6.45, 7) is 3.86. The Labute approximate surface area is 200 Å². The summed E-state index contributed by atoms with van der Waals surface area (Å²) >= 11 is 0. The molecule has 3 N–H and O–H groups in total. The van der Waals surface area contributed by atoms with Crippen LogP contribution in [-0.4, -0.2) is 45.5 Å². The van der Waals surface area contributed by atoms with Gasteiger partial charge in [0.2, 0.25) is 5.91 Å². The minimum absolute atomic E-state index is 0.0122. The highest BCUT2D eigenvalue weighted by atomic mass is 16.7. The van der Waals surface area contributed by atoms with Crippen LogP contribution >= 0.6 is 0 Å². The summed E-state index contributed by atoms with van der Waals surface area (Å²) in [7, 11) is 3.22. The van der Waals surface area contributed by atoms with Crippen LogP contribution in [-0.2, 0) is 9.53 Å². The molecule has 34 heavy (non-hydrogen) atoms. The number of nitrogens with two attached hydrogens (primary N) is 1. The maximum Gasteiger partial charge on any atom is 0.513 e. The molecule has 0 spiro atoms. The number of methoxy groups -OCH3 is 2. The quantitative estimate of drug-likeness (QED) is 0.222. The molecule has 0 fully saturated rings. The van der Waals surface area contributed by atoms with Crippen molar-refractivity contribution in [3.8, 4) is 17.2 Å². The Morgan fingerprint density at radius 3 is 2.06 bits per heavy atom. The maximum atomic E-state index is 11.8. The van der Waals surface area contributed by atoms with Gasteiger partial charge in [-0.15, -0.1) is 0 Å². The van der Waals surface area contributed by atoms with Gasteiger partial charge in [0, 0.05) is 6.07 Å². The van der Waals surface area contributed by atoms with Gasteiger partial charge in [-0.25, -0.2) is 4.79 Å². The Hall–Kier alpha value is -3.78. The van der Waals surface area contributed by atoms with Crippen molar-refractivity contribution < 1.29 is 28.5 Å². The van der Waals surface area contributed by atoms with E-state index in [0.29, 0.717) is 5.75 Å². The standard InChI is InChI=1S/C26H32N2O6/c1-18(2)24(27)25(29)28-13-14-33-26(30)34-21-11-9-19(10-12-21)7-5-6-8-20-15-22(31-3)17-23(16-20)32-4/h5-12,15-18,24H,13-14,27H2,1-4H3,(H,28,29)/b7-5+,8-6+. The Balaban J connectivity index is 1.78. The fourth-order valence-electron chi connectivity index (χ4n) is 2.76. The summed E-state index contributed by atoms with van der Waals surface area (Å²) in [5.41, 5.74) is 7.62. The van der Waals surface area contributed by atoms with Crippen molar-refractivity contribution in [1.82, 2.24) is 5.32 Å². The molecule has 2 aromatic carbocycles. The molecule has 0 aromatic heterocycles. The highest BCUT2D eigenvalue weighted by Crippen LogP contribution is 2.23. The van der Waals surface area contributed by atoms with Gasteiger partial charge in [-0.1, -0.05) is 50.3 Å². The molecule has 2 rings (SSSR count). The van der Waals surface area contributed by atoms with Crippen molar-refractivity contribution in [2.45, 2.75) is 19.9 Å². The van der Waals surface area contributed by atoms with Gasteiger partial charge in [0.25, 0.3) is 0 Å². The van der Waals surface area contributed by atoms with Crippen LogP contribution in [0.25, 0.3) is 12.2 Å². The van der Waals surface area contributed by atoms with Crippen LogP contribution in [0.1, 0.15) is 25.0 Å². The topological polar surface area (TPSA) is 109 Å². The number of carbonyl (C=O) groups excluding carboxylic acids is 2. The summed E-state index contributed by atoms with van der Waals surface area (Å²) in [6.07, 6.45) is 6.81. The molecule has 1 atom stereocenters. The van der Waals surface area contributed by atoms with Gasteiger partial charge in [0.05, 0.1) is 26.8 Å². The molecule has 0 saturated carbocycles. The van der Waals surface area contributed by atoms with E-state index in [1.165, 1.54) is 0 Å². The number of carbonyl (C=O) groups is 2. The van der Waals surface area contributed by atoms with E-state index in [9.17, 15) is 9.59 Å². The van der Waals surface area contributed by atoms with Gasteiger partial charge in [-0.05, 0) is 41.3 Å². The van der Waals surface area contributed by atoms with Gasteiger partial charge in [-0.2, -0.15) is 0 Å². The second kappa shape index (κ2) is 13.7.